The van der Waals surface area contributed by atoms with E-state index in [1.807, 2.05) is 0 Å². The van der Waals surface area contributed by atoms with Crippen LogP contribution in [0.2, 0.25) is 0 Å². The lowest BCUT2D eigenvalue weighted by molar-refractivity contribution is -0.119. The van der Waals surface area contributed by atoms with Crippen LogP contribution in [0.25, 0.3) is 0 Å². The van der Waals surface area contributed by atoms with Crippen molar-refractivity contribution in [3.05, 3.63) is 28.5 Å². The van der Waals surface area contributed by atoms with Crippen LogP contribution in [-0.2, 0) is 4.79 Å². The van der Waals surface area contributed by atoms with Crippen molar-refractivity contribution >= 4 is 27.5 Å². The van der Waals surface area contributed by atoms with E-state index in [0.29, 0.717) is 18.2 Å². The molecule has 1 aromatic rings. The second kappa shape index (κ2) is 7.36. The molecular formula is C13H18BrFN2O. The third kappa shape index (κ3) is 5.49. The number of nitrogens with one attached hydrogen (secondary N) is 2. The maximum Gasteiger partial charge on any atom is 0.239 e. The predicted molar refractivity (Wildman–Crippen MR) is 75.1 cm³/mol. The van der Waals surface area contributed by atoms with Gasteiger partial charge >= 0.3 is 0 Å². The quantitative estimate of drug-likeness (QED) is 0.846. The third-order valence-electron chi connectivity index (χ3n) is 2.41. The summed E-state index contributed by atoms with van der Waals surface area (Å²) >= 11 is 3.25. The van der Waals surface area contributed by atoms with Gasteiger partial charge < -0.3 is 10.6 Å². The van der Waals surface area contributed by atoms with Crippen molar-refractivity contribution in [1.82, 2.24) is 5.32 Å². The number of amides is 1. The van der Waals surface area contributed by atoms with E-state index in [9.17, 15) is 9.18 Å². The molecule has 3 nitrogen and oxygen atoms in total. The molecule has 0 aliphatic rings. The first kappa shape index (κ1) is 15.0. The van der Waals surface area contributed by atoms with E-state index in [-0.39, 0.29) is 18.3 Å². The van der Waals surface area contributed by atoms with Gasteiger partial charge in [0.25, 0.3) is 0 Å². The molecular weight excluding hydrogens is 299 g/mol. The van der Waals surface area contributed by atoms with Crippen LogP contribution < -0.4 is 10.6 Å². The first-order valence-electron chi connectivity index (χ1n) is 5.94. The van der Waals surface area contributed by atoms with E-state index in [2.05, 4.69) is 40.4 Å². The zero-order chi connectivity index (χ0) is 13.5. The fourth-order valence-electron chi connectivity index (χ4n) is 1.37. The Bertz CT molecular complexity index is 410. The Morgan fingerprint density at radius 2 is 2.17 bits per heavy atom. The van der Waals surface area contributed by atoms with Gasteiger partial charge in [0.2, 0.25) is 5.91 Å². The molecule has 0 heterocycles. The lowest BCUT2D eigenvalue weighted by atomic mass is 10.1. The van der Waals surface area contributed by atoms with Crippen LogP contribution in [0.1, 0.15) is 20.3 Å². The summed E-state index contributed by atoms with van der Waals surface area (Å²) in [6.45, 7) is 4.92. The van der Waals surface area contributed by atoms with Crippen LogP contribution in [0.15, 0.2) is 22.7 Å². The van der Waals surface area contributed by atoms with Crippen molar-refractivity contribution in [3.63, 3.8) is 0 Å². The Kier molecular flexibility index (Phi) is 6.12. The molecule has 1 amide bonds. The van der Waals surface area contributed by atoms with E-state index in [0.717, 1.165) is 10.9 Å². The number of benzene rings is 1. The standard InChI is InChI=1S/C13H18BrFN2O/c1-9(2)5-6-16-13(18)8-17-12-7-10(14)3-4-11(12)15/h3-4,7,9,17H,5-6,8H2,1-2H3,(H,16,18). The molecule has 0 saturated carbocycles. The van der Waals surface area contributed by atoms with E-state index in [1.165, 1.54) is 6.07 Å². The second-order valence-corrected chi connectivity index (χ2v) is 5.43. The van der Waals surface area contributed by atoms with Crippen LogP contribution in [0, 0.1) is 11.7 Å². The van der Waals surface area contributed by atoms with Gasteiger partial charge in [-0.3, -0.25) is 4.79 Å². The Morgan fingerprint density at radius 1 is 1.44 bits per heavy atom. The Morgan fingerprint density at radius 3 is 2.83 bits per heavy atom. The van der Waals surface area contributed by atoms with Crippen LogP contribution in [0.3, 0.4) is 0 Å². The van der Waals surface area contributed by atoms with Crippen LogP contribution in [0.4, 0.5) is 10.1 Å². The summed E-state index contributed by atoms with van der Waals surface area (Å²) in [5.41, 5.74) is 0.323. The Hall–Kier alpha value is -1.10. The molecule has 0 radical (unpaired) electrons. The molecule has 0 bridgehead atoms. The molecule has 1 aromatic carbocycles. The third-order valence-corrected chi connectivity index (χ3v) is 2.90. The molecule has 1 rings (SSSR count). The van der Waals surface area contributed by atoms with Crippen molar-refractivity contribution in [2.45, 2.75) is 20.3 Å². The molecule has 5 heteroatoms. The Balaban J connectivity index is 2.36. The number of hydrogen-bond acceptors (Lipinski definition) is 2. The smallest absolute Gasteiger partial charge is 0.239 e. The highest BCUT2D eigenvalue weighted by molar-refractivity contribution is 9.10. The molecule has 0 unspecified atom stereocenters. The summed E-state index contributed by atoms with van der Waals surface area (Å²) in [7, 11) is 0. The van der Waals surface area contributed by atoms with E-state index in [1.54, 1.807) is 12.1 Å². The molecule has 0 aliphatic heterocycles. The molecule has 0 aromatic heterocycles. The van der Waals surface area contributed by atoms with Gasteiger partial charge in [0.15, 0.2) is 0 Å². The fraction of sp³-hybridized carbons (Fsp3) is 0.462. The largest absolute Gasteiger partial charge is 0.374 e. The molecule has 0 spiro atoms. The summed E-state index contributed by atoms with van der Waals surface area (Å²) in [6, 6.07) is 4.57. The lowest BCUT2D eigenvalue weighted by Gasteiger charge is -2.09. The van der Waals surface area contributed by atoms with E-state index >= 15 is 0 Å². The van der Waals surface area contributed by atoms with Gasteiger partial charge in [-0.2, -0.15) is 0 Å². The van der Waals surface area contributed by atoms with Gasteiger partial charge in [-0.15, -0.1) is 0 Å². The molecule has 2 N–H and O–H groups in total. The van der Waals surface area contributed by atoms with Gasteiger partial charge in [0, 0.05) is 11.0 Å². The summed E-state index contributed by atoms with van der Waals surface area (Å²) in [6.07, 6.45) is 0.941. The average molecular weight is 317 g/mol. The van der Waals surface area contributed by atoms with Crippen molar-refractivity contribution in [3.8, 4) is 0 Å². The molecule has 0 saturated heterocycles. The summed E-state index contributed by atoms with van der Waals surface area (Å²) in [5, 5.41) is 5.56. The molecule has 0 atom stereocenters. The minimum absolute atomic E-state index is 0.0749. The number of carbonyl (C=O) groups is 1. The number of hydrogen-bond donors (Lipinski definition) is 2. The minimum atomic E-state index is -0.367. The van der Waals surface area contributed by atoms with E-state index in [4.69, 9.17) is 0 Å². The summed E-state index contributed by atoms with van der Waals surface area (Å²) < 4.78 is 14.1. The van der Waals surface area contributed by atoms with Crippen molar-refractivity contribution in [2.75, 3.05) is 18.4 Å². The van der Waals surface area contributed by atoms with Crippen LogP contribution in [-0.4, -0.2) is 19.0 Å². The van der Waals surface area contributed by atoms with Gasteiger partial charge in [0.05, 0.1) is 12.2 Å². The lowest BCUT2D eigenvalue weighted by Crippen LogP contribution is -2.31. The predicted octanol–water partition coefficient (Wildman–Crippen LogP) is 3.16. The van der Waals surface area contributed by atoms with Gasteiger partial charge in [-0.05, 0) is 30.5 Å². The molecule has 0 fully saturated rings. The molecule has 0 aliphatic carbocycles. The first-order chi connectivity index (χ1) is 8.49. The van der Waals surface area contributed by atoms with Crippen LogP contribution in [0.5, 0.6) is 0 Å². The van der Waals surface area contributed by atoms with Crippen LogP contribution >= 0.6 is 15.9 Å². The maximum atomic E-state index is 13.4. The van der Waals surface area contributed by atoms with Crippen molar-refractivity contribution < 1.29 is 9.18 Å². The van der Waals surface area contributed by atoms with E-state index < -0.39 is 0 Å². The van der Waals surface area contributed by atoms with Gasteiger partial charge in [0.1, 0.15) is 5.82 Å². The average Bonchev–Trinajstić information content (AvgIpc) is 2.30. The monoisotopic (exact) mass is 316 g/mol. The van der Waals surface area contributed by atoms with Gasteiger partial charge in [-0.1, -0.05) is 29.8 Å². The zero-order valence-corrected chi connectivity index (χ0v) is 12.2. The minimum Gasteiger partial charge on any atom is -0.374 e. The number of rotatable bonds is 6. The number of carbonyl (C=O) groups excluding carboxylic acids is 1. The molecule has 18 heavy (non-hydrogen) atoms. The summed E-state index contributed by atoms with van der Waals surface area (Å²) in [5.74, 6) is 0.0592. The number of halogens is 2. The highest BCUT2D eigenvalue weighted by Crippen LogP contribution is 2.19. The highest BCUT2D eigenvalue weighted by atomic mass is 79.9. The topological polar surface area (TPSA) is 41.1 Å². The normalized spacial score (nSPS) is 10.5. The fourth-order valence-corrected chi connectivity index (χ4v) is 1.73. The van der Waals surface area contributed by atoms with Gasteiger partial charge in [-0.25, -0.2) is 4.39 Å². The van der Waals surface area contributed by atoms with Crippen molar-refractivity contribution in [1.29, 1.82) is 0 Å². The molecule has 100 valence electrons. The maximum absolute atomic E-state index is 13.4. The first-order valence-corrected chi connectivity index (χ1v) is 6.74. The second-order valence-electron chi connectivity index (χ2n) is 4.51. The summed E-state index contributed by atoms with van der Waals surface area (Å²) in [4.78, 5) is 11.5. The zero-order valence-electron chi connectivity index (χ0n) is 10.6. The number of anilines is 1. The SMILES string of the molecule is CC(C)CCNC(=O)CNc1cc(Br)ccc1F. The Labute approximate surface area is 115 Å². The highest BCUT2D eigenvalue weighted by Gasteiger charge is 2.05. The van der Waals surface area contributed by atoms with Crippen molar-refractivity contribution in [2.24, 2.45) is 5.92 Å².